The van der Waals surface area contributed by atoms with Gasteiger partial charge in [-0.15, -0.1) is 0 Å². The van der Waals surface area contributed by atoms with Crippen LogP contribution in [0, 0.1) is 0 Å². The molecule has 0 fully saturated rings. The molecule has 0 spiro atoms. The molecule has 3 N–H and O–H groups in total. The maximum absolute atomic E-state index is 9.97. The Balaban J connectivity index is 2.42. The lowest BCUT2D eigenvalue weighted by molar-refractivity contribution is 0.445. The van der Waals surface area contributed by atoms with Crippen molar-refractivity contribution in [3.8, 4) is 5.75 Å². The lowest BCUT2D eigenvalue weighted by atomic mass is 9.83. The summed E-state index contributed by atoms with van der Waals surface area (Å²) in [5.41, 5.74) is 9.63. The van der Waals surface area contributed by atoms with Crippen LogP contribution >= 0.6 is 0 Å². The lowest BCUT2D eigenvalue weighted by Crippen LogP contribution is -2.35. The van der Waals surface area contributed by atoms with Crippen LogP contribution in [0.2, 0.25) is 0 Å². The molecular weight excluding hydrogens is 198 g/mol. The maximum Gasteiger partial charge on any atom is 0.119 e. The molecule has 1 aromatic carbocycles. The Morgan fingerprint density at radius 1 is 1.25 bits per heavy atom. The molecule has 0 aliphatic heterocycles. The minimum Gasteiger partial charge on any atom is -0.508 e. The van der Waals surface area contributed by atoms with Gasteiger partial charge >= 0.3 is 0 Å². The molecule has 16 heavy (non-hydrogen) atoms. The van der Waals surface area contributed by atoms with Crippen LogP contribution in [-0.2, 0) is 19.3 Å². The van der Waals surface area contributed by atoms with Crippen LogP contribution in [0.25, 0.3) is 0 Å². The van der Waals surface area contributed by atoms with E-state index in [9.17, 15) is 5.11 Å². The van der Waals surface area contributed by atoms with Crippen molar-refractivity contribution in [2.24, 2.45) is 5.73 Å². The lowest BCUT2D eigenvalue weighted by Gasteiger charge is -2.25. The van der Waals surface area contributed by atoms with Gasteiger partial charge in [-0.1, -0.05) is 6.07 Å². The number of hydrogen-bond donors (Lipinski definition) is 2. The van der Waals surface area contributed by atoms with Gasteiger partial charge in [0.1, 0.15) is 5.75 Å². The fourth-order valence-corrected chi connectivity index (χ4v) is 2.54. The standard InChI is InChI=1S/C14H21NO/c1-14(2,15)9-12-11-6-4-3-5-10(11)7-8-13(12)16/h7-8,16H,3-6,9,15H2,1-2H3. The maximum atomic E-state index is 9.97. The van der Waals surface area contributed by atoms with E-state index in [1.54, 1.807) is 0 Å². The fourth-order valence-electron chi connectivity index (χ4n) is 2.54. The molecule has 0 aromatic heterocycles. The Kier molecular flexibility index (Phi) is 2.94. The molecule has 2 rings (SSSR count). The van der Waals surface area contributed by atoms with Gasteiger partial charge in [0, 0.05) is 5.54 Å². The minimum atomic E-state index is -0.260. The topological polar surface area (TPSA) is 46.2 Å². The minimum absolute atomic E-state index is 0.260. The Bertz CT molecular complexity index is 390. The largest absolute Gasteiger partial charge is 0.508 e. The number of rotatable bonds is 2. The Morgan fingerprint density at radius 2 is 1.94 bits per heavy atom. The van der Waals surface area contributed by atoms with Crippen LogP contribution in [0.15, 0.2) is 12.1 Å². The molecule has 0 bridgehead atoms. The van der Waals surface area contributed by atoms with Gasteiger partial charge in [-0.05, 0) is 68.7 Å². The van der Waals surface area contributed by atoms with E-state index in [-0.39, 0.29) is 5.54 Å². The van der Waals surface area contributed by atoms with Crippen LogP contribution in [0.4, 0.5) is 0 Å². The van der Waals surface area contributed by atoms with Crippen molar-refractivity contribution in [2.75, 3.05) is 0 Å². The van der Waals surface area contributed by atoms with E-state index in [1.165, 1.54) is 24.0 Å². The number of phenolic OH excluding ortho intramolecular Hbond substituents is 1. The third-order valence-electron chi connectivity index (χ3n) is 3.26. The molecule has 0 unspecified atom stereocenters. The molecule has 0 atom stereocenters. The molecule has 2 nitrogen and oxygen atoms in total. The highest BCUT2D eigenvalue weighted by Gasteiger charge is 2.21. The molecule has 88 valence electrons. The second-order valence-corrected chi connectivity index (χ2v) is 5.57. The molecule has 0 saturated carbocycles. The van der Waals surface area contributed by atoms with E-state index < -0.39 is 0 Å². The second kappa shape index (κ2) is 4.10. The highest BCUT2D eigenvalue weighted by atomic mass is 16.3. The summed E-state index contributed by atoms with van der Waals surface area (Å²) in [6, 6.07) is 3.89. The van der Waals surface area contributed by atoms with E-state index in [1.807, 2.05) is 19.9 Å². The summed E-state index contributed by atoms with van der Waals surface area (Å²) >= 11 is 0. The third kappa shape index (κ3) is 2.38. The summed E-state index contributed by atoms with van der Waals surface area (Å²) in [7, 11) is 0. The van der Waals surface area contributed by atoms with Crippen molar-refractivity contribution in [1.29, 1.82) is 0 Å². The Labute approximate surface area is 97.5 Å². The average Bonchev–Trinajstić information content (AvgIpc) is 2.21. The van der Waals surface area contributed by atoms with Gasteiger partial charge in [0.25, 0.3) is 0 Å². The zero-order chi connectivity index (χ0) is 11.8. The van der Waals surface area contributed by atoms with Crippen molar-refractivity contribution >= 4 is 0 Å². The summed E-state index contributed by atoms with van der Waals surface area (Å²) in [6.45, 7) is 4.02. The smallest absolute Gasteiger partial charge is 0.119 e. The van der Waals surface area contributed by atoms with Crippen molar-refractivity contribution in [2.45, 2.75) is 51.5 Å². The van der Waals surface area contributed by atoms with Crippen molar-refractivity contribution < 1.29 is 5.11 Å². The molecular formula is C14H21NO. The number of phenols is 1. The molecule has 1 aromatic rings. The van der Waals surface area contributed by atoms with Crippen molar-refractivity contribution in [1.82, 2.24) is 0 Å². The molecule has 1 aliphatic rings. The van der Waals surface area contributed by atoms with E-state index in [0.29, 0.717) is 5.75 Å². The van der Waals surface area contributed by atoms with Gasteiger partial charge in [-0.3, -0.25) is 0 Å². The molecule has 0 saturated heterocycles. The SMILES string of the molecule is CC(C)(N)Cc1c(O)ccc2c1CCCC2. The van der Waals surface area contributed by atoms with Crippen LogP contribution in [0.5, 0.6) is 5.75 Å². The number of nitrogens with two attached hydrogens (primary N) is 1. The average molecular weight is 219 g/mol. The number of benzene rings is 1. The van der Waals surface area contributed by atoms with Crippen molar-refractivity contribution in [3.63, 3.8) is 0 Å². The monoisotopic (exact) mass is 219 g/mol. The van der Waals surface area contributed by atoms with Gasteiger partial charge in [-0.25, -0.2) is 0 Å². The van der Waals surface area contributed by atoms with Gasteiger partial charge in [0.2, 0.25) is 0 Å². The zero-order valence-corrected chi connectivity index (χ0v) is 10.2. The first-order chi connectivity index (χ1) is 7.47. The first-order valence-corrected chi connectivity index (χ1v) is 6.09. The summed E-state index contributed by atoms with van der Waals surface area (Å²) in [6.07, 6.45) is 5.49. The van der Waals surface area contributed by atoms with Crippen LogP contribution in [0.3, 0.4) is 0 Å². The van der Waals surface area contributed by atoms with Gasteiger partial charge in [0.15, 0.2) is 0 Å². The van der Waals surface area contributed by atoms with Gasteiger partial charge in [-0.2, -0.15) is 0 Å². The summed E-state index contributed by atoms with van der Waals surface area (Å²) in [4.78, 5) is 0. The molecule has 1 aliphatic carbocycles. The quantitative estimate of drug-likeness (QED) is 0.803. The van der Waals surface area contributed by atoms with E-state index in [0.717, 1.165) is 24.8 Å². The van der Waals surface area contributed by atoms with Crippen LogP contribution in [0.1, 0.15) is 43.4 Å². The van der Waals surface area contributed by atoms with E-state index >= 15 is 0 Å². The molecule has 0 heterocycles. The van der Waals surface area contributed by atoms with E-state index in [4.69, 9.17) is 5.73 Å². The predicted octanol–water partition coefficient (Wildman–Crippen LogP) is 2.55. The summed E-state index contributed by atoms with van der Waals surface area (Å²) in [5, 5.41) is 9.97. The second-order valence-electron chi connectivity index (χ2n) is 5.57. The summed E-state index contributed by atoms with van der Waals surface area (Å²) in [5.74, 6) is 0.416. The fraction of sp³-hybridized carbons (Fsp3) is 0.571. The predicted molar refractivity (Wildman–Crippen MR) is 66.7 cm³/mol. The first-order valence-electron chi connectivity index (χ1n) is 6.09. The Morgan fingerprint density at radius 3 is 2.62 bits per heavy atom. The highest BCUT2D eigenvalue weighted by Crippen LogP contribution is 2.32. The van der Waals surface area contributed by atoms with Crippen LogP contribution < -0.4 is 5.73 Å². The van der Waals surface area contributed by atoms with E-state index in [2.05, 4.69) is 6.07 Å². The first kappa shape index (κ1) is 11.5. The number of aromatic hydroxyl groups is 1. The summed E-state index contributed by atoms with van der Waals surface area (Å²) < 4.78 is 0. The Hall–Kier alpha value is -1.02. The zero-order valence-electron chi connectivity index (χ0n) is 10.2. The molecule has 0 radical (unpaired) electrons. The highest BCUT2D eigenvalue weighted by molar-refractivity contribution is 5.46. The molecule has 0 amide bonds. The number of fused-ring (bicyclic) bond motifs is 1. The van der Waals surface area contributed by atoms with Gasteiger partial charge < -0.3 is 10.8 Å². The third-order valence-corrected chi connectivity index (χ3v) is 3.26. The normalized spacial score (nSPS) is 15.9. The number of hydrogen-bond acceptors (Lipinski definition) is 2. The molecule has 2 heteroatoms. The van der Waals surface area contributed by atoms with Crippen LogP contribution in [-0.4, -0.2) is 10.6 Å². The van der Waals surface area contributed by atoms with Crippen molar-refractivity contribution in [3.05, 3.63) is 28.8 Å². The van der Waals surface area contributed by atoms with Gasteiger partial charge in [0.05, 0.1) is 0 Å². The number of aryl methyl sites for hydroxylation is 1.